The molecule has 0 heterocycles. The fourth-order valence-electron chi connectivity index (χ4n) is 3.62. The van der Waals surface area contributed by atoms with Gasteiger partial charge in [0.05, 0.1) is 5.60 Å². The van der Waals surface area contributed by atoms with Gasteiger partial charge in [-0.25, -0.2) is 0 Å². The predicted molar refractivity (Wildman–Crippen MR) is 76.4 cm³/mol. The van der Waals surface area contributed by atoms with Crippen molar-refractivity contribution in [3.05, 3.63) is 35.4 Å². The van der Waals surface area contributed by atoms with Gasteiger partial charge in [-0.1, -0.05) is 57.0 Å². The Balaban J connectivity index is 2.40. The van der Waals surface area contributed by atoms with Gasteiger partial charge < -0.3 is 5.11 Å². The van der Waals surface area contributed by atoms with Crippen LogP contribution in [0.5, 0.6) is 0 Å². The molecule has 0 bridgehead atoms. The van der Waals surface area contributed by atoms with E-state index in [-0.39, 0.29) is 0 Å². The van der Waals surface area contributed by atoms with E-state index in [0.717, 1.165) is 18.4 Å². The Morgan fingerprint density at radius 1 is 1.28 bits per heavy atom. The van der Waals surface area contributed by atoms with Crippen LogP contribution in [-0.2, 0) is 5.60 Å². The molecule has 0 radical (unpaired) electrons. The van der Waals surface area contributed by atoms with Crippen molar-refractivity contribution in [3.63, 3.8) is 0 Å². The zero-order valence-electron chi connectivity index (χ0n) is 12.1. The summed E-state index contributed by atoms with van der Waals surface area (Å²) < 4.78 is 0. The third kappa shape index (κ3) is 2.47. The number of aliphatic hydroxyl groups is 1. The minimum atomic E-state index is -0.627. The van der Waals surface area contributed by atoms with Gasteiger partial charge in [-0.05, 0) is 43.1 Å². The Morgan fingerprint density at radius 3 is 2.61 bits per heavy atom. The smallest absolute Gasteiger partial charge is 0.0929 e. The van der Waals surface area contributed by atoms with Gasteiger partial charge in [0, 0.05) is 0 Å². The lowest BCUT2D eigenvalue weighted by Gasteiger charge is -2.45. The molecule has 1 nitrogen and oxygen atoms in total. The average Bonchev–Trinajstić information content (AvgIpc) is 2.28. The second-order valence-corrected chi connectivity index (χ2v) is 6.53. The van der Waals surface area contributed by atoms with Crippen LogP contribution < -0.4 is 0 Å². The van der Waals surface area contributed by atoms with Crippen LogP contribution in [0.1, 0.15) is 51.2 Å². The van der Waals surface area contributed by atoms with Crippen LogP contribution in [0.25, 0.3) is 0 Å². The summed E-state index contributed by atoms with van der Waals surface area (Å²) in [7, 11) is 0. The Bertz CT molecular complexity index is 410. The molecule has 100 valence electrons. The summed E-state index contributed by atoms with van der Waals surface area (Å²) in [6, 6.07) is 8.43. The van der Waals surface area contributed by atoms with Crippen LogP contribution in [0.4, 0.5) is 0 Å². The lowest BCUT2D eigenvalue weighted by atomic mass is 9.64. The van der Waals surface area contributed by atoms with Crippen LogP contribution in [0, 0.1) is 24.7 Å². The van der Waals surface area contributed by atoms with Crippen LogP contribution in [-0.4, -0.2) is 5.11 Å². The molecule has 3 unspecified atom stereocenters. The molecule has 0 saturated heterocycles. The summed E-state index contributed by atoms with van der Waals surface area (Å²) in [5.41, 5.74) is 1.73. The van der Waals surface area contributed by atoms with E-state index in [4.69, 9.17) is 0 Å². The largest absolute Gasteiger partial charge is 0.385 e. The summed E-state index contributed by atoms with van der Waals surface area (Å²) in [5.74, 6) is 1.53. The first-order valence-electron chi connectivity index (χ1n) is 7.23. The second-order valence-electron chi connectivity index (χ2n) is 6.53. The van der Waals surface area contributed by atoms with Crippen molar-refractivity contribution >= 4 is 0 Å². The quantitative estimate of drug-likeness (QED) is 0.826. The molecule has 1 aliphatic rings. The molecule has 1 aromatic carbocycles. The van der Waals surface area contributed by atoms with E-state index in [0.29, 0.717) is 17.8 Å². The van der Waals surface area contributed by atoms with E-state index >= 15 is 0 Å². The Hall–Kier alpha value is -0.820. The van der Waals surface area contributed by atoms with E-state index < -0.39 is 5.60 Å². The third-order valence-electron chi connectivity index (χ3n) is 4.57. The standard InChI is InChI=1S/C17H26O/c1-12(2)16-9-8-14(4)11-17(16,18)15-7-5-6-13(3)10-15/h5-7,10,12,14,16,18H,8-9,11H2,1-4H3. The van der Waals surface area contributed by atoms with E-state index in [1.165, 1.54) is 12.0 Å². The summed E-state index contributed by atoms with van der Waals surface area (Å²) in [6.07, 6.45) is 3.29. The van der Waals surface area contributed by atoms with Crippen LogP contribution in [0.3, 0.4) is 0 Å². The van der Waals surface area contributed by atoms with Gasteiger partial charge in [0.15, 0.2) is 0 Å². The van der Waals surface area contributed by atoms with Gasteiger partial charge in [0.2, 0.25) is 0 Å². The van der Waals surface area contributed by atoms with Crippen molar-refractivity contribution in [2.24, 2.45) is 17.8 Å². The highest BCUT2D eigenvalue weighted by Crippen LogP contribution is 2.47. The van der Waals surface area contributed by atoms with Crippen LogP contribution in [0.2, 0.25) is 0 Å². The van der Waals surface area contributed by atoms with Crippen molar-refractivity contribution in [2.75, 3.05) is 0 Å². The zero-order chi connectivity index (χ0) is 13.3. The topological polar surface area (TPSA) is 20.2 Å². The van der Waals surface area contributed by atoms with E-state index in [1.807, 2.05) is 0 Å². The van der Waals surface area contributed by atoms with Gasteiger partial charge >= 0.3 is 0 Å². The summed E-state index contributed by atoms with van der Waals surface area (Å²) >= 11 is 0. The summed E-state index contributed by atoms with van der Waals surface area (Å²) in [6.45, 7) is 8.84. The highest BCUT2D eigenvalue weighted by Gasteiger charge is 2.43. The van der Waals surface area contributed by atoms with E-state index in [1.54, 1.807) is 0 Å². The molecular formula is C17H26O. The van der Waals surface area contributed by atoms with Crippen molar-refractivity contribution in [1.82, 2.24) is 0 Å². The molecule has 18 heavy (non-hydrogen) atoms. The highest BCUT2D eigenvalue weighted by molar-refractivity contribution is 5.29. The highest BCUT2D eigenvalue weighted by atomic mass is 16.3. The SMILES string of the molecule is Cc1cccc(C2(O)CC(C)CCC2C(C)C)c1. The normalized spacial score (nSPS) is 32.8. The maximum absolute atomic E-state index is 11.3. The van der Waals surface area contributed by atoms with Crippen LogP contribution >= 0.6 is 0 Å². The number of hydrogen-bond acceptors (Lipinski definition) is 1. The fourth-order valence-corrected chi connectivity index (χ4v) is 3.62. The molecular weight excluding hydrogens is 220 g/mol. The number of rotatable bonds is 2. The molecule has 0 aromatic heterocycles. The second kappa shape index (κ2) is 5.05. The predicted octanol–water partition coefficient (Wildman–Crippen LogP) is 4.27. The Labute approximate surface area is 111 Å². The van der Waals surface area contributed by atoms with Crippen molar-refractivity contribution < 1.29 is 5.11 Å². The first kappa shape index (κ1) is 13.6. The van der Waals surface area contributed by atoms with Gasteiger partial charge in [0.25, 0.3) is 0 Å². The van der Waals surface area contributed by atoms with E-state index in [2.05, 4.69) is 52.0 Å². The fraction of sp³-hybridized carbons (Fsp3) is 0.647. The molecule has 1 saturated carbocycles. The van der Waals surface area contributed by atoms with Crippen molar-refractivity contribution in [2.45, 2.75) is 52.6 Å². The lowest BCUT2D eigenvalue weighted by molar-refractivity contribution is -0.0866. The summed E-state index contributed by atoms with van der Waals surface area (Å²) in [5, 5.41) is 11.3. The van der Waals surface area contributed by atoms with E-state index in [9.17, 15) is 5.11 Å². The number of hydrogen-bond donors (Lipinski definition) is 1. The average molecular weight is 246 g/mol. The summed E-state index contributed by atoms with van der Waals surface area (Å²) in [4.78, 5) is 0. The maximum Gasteiger partial charge on any atom is 0.0929 e. The zero-order valence-corrected chi connectivity index (χ0v) is 12.1. The minimum Gasteiger partial charge on any atom is -0.385 e. The molecule has 1 N–H and O–H groups in total. The maximum atomic E-state index is 11.3. The molecule has 1 fully saturated rings. The first-order chi connectivity index (χ1) is 8.43. The lowest BCUT2D eigenvalue weighted by Crippen LogP contribution is -2.43. The number of benzene rings is 1. The van der Waals surface area contributed by atoms with Crippen LogP contribution in [0.15, 0.2) is 24.3 Å². The Morgan fingerprint density at radius 2 is 2.00 bits per heavy atom. The molecule has 0 amide bonds. The minimum absolute atomic E-state index is 0.385. The van der Waals surface area contributed by atoms with Gasteiger partial charge in [-0.15, -0.1) is 0 Å². The molecule has 1 aromatic rings. The molecule has 2 rings (SSSR count). The van der Waals surface area contributed by atoms with Gasteiger partial charge in [-0.2, -0.15) is 0 Å². The molecule has 3 atom stereocenters. The molecule has 0 spiro atoms. The first-order valence-corrected chi connectivity index (χ1v) is 7.23. The third-order valence-corrected chi connectivity index (χ3v) is 4.57. The van der Waals surface area contributed by atoms with Gasteiger partial charge in [-0.3, -0.25) is 0 Å². The molecule has 0 aliphatic heterocycles. The Kier molecular flexibility index (Phi) is 3.82. The monoisotopic (exact) mass is 246 g/mol. The number of aryl methyl sites for hydroxylation is 1. The molecule has 1 aliphatic carbocycles. The van der Waals surface area contributed by atoms with Crippen molar-refractivity contribution in [3.8, 4) is 0 Å². The molecule has 1 heteroatoms. The van der Waals surface area contributed by atoms with Crippen molar-refractivity contribution in [1.29, 1.82) is 0 Å². The van der Waals surface area contributed by atoms with Gasteiger partial charge in [0.1, 0.15) is 0 Å².